The molecule has 3 atom stereocenters. The number of allylic oxidation sites excluding steroid dienone is 8. The summed E-state index contributed by atoms with van der Waals surface area (Å²) in [6.45, 7) is 6.45. The van der Waals surface area contributed by atoms with Gasteiger partial charge in [-0.3, -0.25) is 9.59 Å². The molecule has 0 aromatic carbocycles. The maximum absolute atomic E-state index is 13.2. The molecule has 63 heavy (non-hydrogen) atoms. The van der Waals surface area contributed by atoms with Crippen LogP contribution >= 0.6 is 0 Å². The monoisotopic (exact) mass is 884 g/mol. The number of esters is 1. The quantitative estimate of drug-likeness (QED) is 0.0321. The normalized spacial score (nSPS) is 13.5. The highest BCUT2D eigenvalue weighted by atomic mass is 16.5. The van der Waals surface area contributed by atoms with Crippen LogP contribution in [-0.2, 0) is 14.3 Å². The second kappa shape index (κ2) is 50.8. The fourth-order valence-electron chi connectivity index (χ4n) is 8.20. The highest BCUT2D eigenvalue weighted by molar-refractivity contribution is 5.77. The predicted octanol–water partition coefficient (Wildman–Crippen LogP) is 16.6. The molecule has 0 rings (SSSR count). The fourth-order valence-corrected chi connectivity index (χ4v) is 8.20. The maximum atomic E-state index is 13.2. The summed E-state index contributed by atoms with van der Waals surface area (Å²) >= 11 is 0. The van der Waals surface area contributed by atoms with Crippen molar-refractivity contribution in [2.75, 3.05) is 6.61 Å². The van der Waals surface area contributed by atoms with Crippen LogP contribution in [0.2, 0.25) is 0 Å². The average molecular weight is 884 g/mol. The van der Waals surface area contributed by atoms with Crippen molar-refractivity contribution in [3.63, 3.8) is 0 Å². The van der Waals surface area contributed by atoms with Crippen LogP contribution in [-0.4, -0.2) is 46.9 Å². The molecule has 0 aliphatic heterocycles. The van der Waals surface area contributed by atoms with Crippen molar-refractivity contribution in [1.82, 2.24) is 5.32 Å². The summed E-state index contributed by atoms with van der Waals surface area (Å²) in [7, 11) is 0. The molecule has 0 radical (unpaired) electrons. The Hall–Kier alpha value is -2.18. The second-order valence-corrected chi connectivity index (χ2v) is 18.6. The lowest BCUT2D eigenvalue weighted by atomic mass is 10.0. The van der Waals surface area contributed by atoms with E-state index in [9.17, 15) is 19.8 Å². The minimum absolute atomic E-state index is 0.0673. The minimum Gasteiger partial charge on any atom is -0.462 e. The molecule has 6 heteroatoms. The molecule has 3 N–H and O–H groups in total. The van der Waals surface area contributed by atoms with Crippen molar-refractivity contribution in [2.45, 2.75) is 296 Å². The summed E-state index contributed by atoms with van der Waals surface area (Å²) in [5.74, 6) is -0.489. The first-order valence-electron chi connectivity index (χ1n) is 27.4. The Bertz CT molecular complexity index is 1080. The Morgan fingerprint density at radius 1 is 0.460 bits per heavy atom. The van der Waals surface area contributed by atoms with Crippen LogP contribution in [0.5, 0.6) is 0 Å². The van der Waals surface area contributed by atoms with Gasteiger partial charge in [0.1, 0.15) is 6.10 Å². The summed E-state index contributed by atoms with van der Waals surface area (Å²) in [5, 5.41) is 23.7. The highest BCUT2D eigenvalue weighted by Gasteiger charge is 2.24. The number of hydrogen-bond acceptors (Lipinski definition) is 5. The number of ether oxygens (including phenoxy) is 1. The first kappa shape index (κ1) is 60.8. The Kier molecular flexibility index (Phi) is 49.1. The van der Waals surface area contributed by atoms with Crippen LogP contribution in [0.15, 0.2) is 48.6 Å². The van der Waals surface area contributed by atoms with Crippen molar-refractivity contribution in [3.8, 4) is 0 Å². The molecular weight excluding hydrogens is 779 g/mol. The molecule has 0 heterocycles. The van der Waals surface area contributed by atoms with Gasteiger partial charge in [0.15, 0.2) is 0 Å². The second-order valence-electron chi connectivity index (χ2n) is 18.6. The number of hydrogen-bond donors (Lipinski definition) is 3. The maximum Gasteiger partial charge on any atom is 0.306 e. The van der Waals surface area contributed by atoms with E-state index in [4.69, 9.17) is 4.74 Å². The number of amides is 1. The van der Waals surface area contributed by atoms with Gasteiger partial charge in [0.2, 0.25) is 5.91 Å². The topological polar surface area (TPSA) is 95.9 Å². The van der Waals surface area contributed by atoms with Crippen LogP contribution in [0, 0.1) is 0 Å². The molecule has 0 aliphatic rings. The van der Waals surface area contributed by atoms with E-state index in [2.05, 4.69) is 74.7 Å². The van der Waals surface area contributed by atoms with E-state index in [-0.39, 0.29) is 24.9 Å². The Balaban J connectivity index is 4.58. The molecule has 0 spiro atoms. The summed E-state index contributed by atoms with van der Waals surface area (Å²) < 4.78 is 5.94. The number of carbonyl (C=O) groups excluding carboxylic acids is 2. The lowest BCUT2D eigenvalue weighted by molar-refractivity contribution is -0.151. The zero-order chi connectivity index (χ0) is 45.9. The Morgan fingerprint density at radius 2 is 0.810 bits per heavy atom. The molecule has 0 aromatic rings. The summed E-state index contributed by atoms with van der Waals surface area (Å²) in [6.07, 6.45) is 61.7. The summed E-state index contributed by atoms with van der Waals surface area (Å²) in [6, 6.07) is -0.706. The first-order chi connectivity index (χ1) is 31.0. The SMILES string of the molecule is CCCCC/C=C\C/C=C\C/C=C\CCCCCCCCC(=O)OC(CCCCCCC/C=C/CCCCCCCC)CC(=O)NC(CO)C(O)CCCCCCCCCCCC. The first-order valence-corrected chi connectivity index (χ1v) is 27.4. The lowest BCUT2D eigenvalue weighted by Crippen LogP contribution is -2.46. The van der Waals surface area contributed by atoms with E-state index in [1.165, 1.54) is 148 Å². The number of rotatable bonds is 49. The van der Waals surface area contributed by atoms with Crippen molar-refractivity contribution < 1.29 is 24.5 Å². The third kappa shape index (κ3) is 46.2. The molecular formula is C57H105NO5. The predicted molar refractivity (Wildman–Crippen MR) is 273 cm³/mol. The van der Waals surface area contributed by atoms with E-state index in [1.54, 1.807) is 0 Å². The molecule has 0 saturated heterocycles. The van der Waals surface area contributed by atoms with Gasteiger partial charge in [-0.25, -0.2) is 0 Å². The van der Waals surface area contributed by atoms with E-state index in [1.807, 2.05) is 0 Å². The van der Waals surface area contributed by atoms with Crippen LogP contribution in [0.3, 0.4) is 0 Å². The van der Waals surface area contributed by atoms with Crippen molar-refractivity contribution in [2.24, 2.45) is 0 Å². The van der Waals surface area contributed by atoms with Gasteiger partial charge in [0, 0.05) is 6.42 Å². The van der Waals surface area contributed by atoms with Gasteiger partial charge in [0.25, 0.3) is 0 Å². The number of carbonyl (C=O) groups is 2. The standard InChI is InChI=1S/C57H105NO5/c1-4-7-10-13-16-19-22-24-26-27-28-29-31-33-35-38-41-44-47-50-57(62)63-53(48-45-42-39-36-34-32-30-25-23-20-17-14-11-8-5-2)51-56(61)58-54(52-59)55(60)49-46-43-40-37-21-18-15-12-9-6-3/h16,19,24-26,28-30,53-55,59-60H,4-15,17-18,20-23,27,31-52H2,1-3H3,(H,58,61)/b19-16-,26-24-,29-28-,30-25+. The van der Waals surface area contributed by atoms with E-state index in [0.717, 1.165) is 83.5 Å². The summed E-state index contributed by atoms with van der Waals surface area (Å²) in [4.78, 5) is 26.2. The Morgan fingerprint density at radius 3 is 1.27 bits per heavy atom. The van der Waals surface area contributed by atoms with Crippen LogP contribution < -0.4 is 5.32 Å². The van der Waals surface area contributed by atoms with Gasteiger partial charge in [-0.05, 0) is 89.9 Å². The molecule has 0 aliphatic carbocycles. The molecule has 0 aromatic heterocycles. The van der Waals surface area contributed by atoms with Gasteiger partial charge < -0.3 is 20.3 Å². The molecule has 1 amide bonds. The fraction of sp³-hybridized carbons (Fsp3) is 0.825. The average Bonchev–Trinajstić information content (AvgIpc) is 3.28. The van der Waals surface area contributed by atoms with Crippen molar-refractivity contribution in [3.05, 3.63) is 48.6 Å². The van der Waals surface area contributed by atoms with Gasteiger partial charge in [-0.2, -0.15) is 0 Å². The van der Waals surface area contributed by atoms with Gasteiger partial charge in [-0.15, -0.1) is 0 Å². The smallest absolute Gasteiger partial charge is 0.306 e. The molecule has 6 nitrogen and oxygen atoms in total. The highest BCUT2D eigenvalue weighted by Crippen LogP contribution is 2.18. The molecule has 368 valence electrons. The van der Waals surface area contributed by atoms with Crippen molar-refractivity contribution >= 4 is 11.9 Å². The third-order valence-electron chi connectivity index (χ3n) is 12.4. The van der Waals surface area contributed by atoms with Crippen molar-refractivity contribution in [1.29, 1.82) is 0 Å². The molecule has 0 bridgehead atoms. The molecule has 3 unspecified atom stereocenters. The van der Waals surface area contributed by atoms with E-state index >= 15 is 0 Å². The van der Waals surface area contributed by atoms with Gasteiger partial charge >= 0.3 is 5.97 Å². The zero-order valence-electron chi connectivity index (χ0n) is 42.0. The Labute approximate surface area is 391 Å². The van der Waals surface area contributed by atoms with Crippen LogP contribution in [0.1, 0.15) is 278 Å². The zero-order valence-corrected chi connectivity index (χ0v) is 42.0. The summed E-state index contributed by atoms with van der Waals surface area (Å²) in [5.41, 5.74) is 0. The van der Waals surface area contributed by atoms with Gasteiger partial charge in [-0.1, -0.05) is 223 Å². The van der Waals surface area contributed by atoms with Crippen LogP contribution in [0.25, 0.3) is 0 Å². The van der Waals surface area contributed by atoms with E-state index in [0.29, 0.717) is 19.3 Å². The number of aliphatic hydroxyl groups excluding tert-OH is 2. The number of aliphatic hydroxyl groups is 2. The number of unbranched alkanes of at least 4 members (excludes halogenated alkanes) is 29. The largest absolute Gasteiger partial charge is 0.462 e. The van der Waals surface area contributed by atoms with Crippen LogP contribution in [0.4, 0.5) is 0 Å². The molecule has 0 fully saturated rings. The molecule has 0 saturated carbocycles. The lowest BCUT2D eigenvalue weighted by Gasteiger charge is -2.24. The third-order valence-corrected chi connectivity index (χ3v) is 12.4. The number of nitrogens with one attached hydrogen (secondary N) is 1. The van der Waals surface area contributed by atoms with Gasteiger partial charge in [0.05, 0.1) is 25.2 Å². The van der Waals surface area contributed by atoms with E-state index < -0.39 is 18.2 Å². The minimum atomic E-state index is -0.791.